The van der Waals surface area contributed by atoms with Gasteiger partial charge in [0.2, 0.25) is 0 Å². The number of benzene rings is 3. The summed E-state index contributed by atoms with van der Waals surface area (Å²) in [6.07, 6.45) is 0. The topological polar surface area (TPSA) is 77.8 Å². The number of ketones is 1. The van der Waals surface area contributed by atoms with Crippen LogP contribution in [0.1, 0.15) is 22.7 Å². The number of aliphatic hydroxyl groups excluding tert-OH is 1. The number of hydrogen-bond acceptors (Lipinski definition) is 4. The molecule has 5 nitrogen and oxygen atoms in total. The van der Waals surface area contributed by atoms with Gasteiger partial charge in [0.25, 0.3) is 11.7 Å². The van der Waals surface area contributed by atoms with E-state index in [1.807, 2.05) is 0 Å². The number of halogens is 3. The SMILES string of the molecule is Cc1cc(/C(O)=C2/C(=O)C(=O)N(c3cccc(Cl)c3)C2c2ccc(O)c(Cl)c2)ccc1F. The van der Waals surface area contributed by atoms with Gasteiger partial charge >= 0.3 is 0 Å². The van der Waals surface area contributed by atoms with E-state index in [9.17, 15) is 24.2 Å². The summed E-state index contributed by atoms with van der Waals surface area (Å²) in [6.45, 7) is 1.52. The van der Waals surface area contributed by atoms with Gasteiger partial charge in [-0.05, 0) is 66.6 Å². The summed E-state index contributed by atoms with van der Waals surface area (Å²) in [5.74, 6) is -2.89. The Kier molecular flexibility index (Phi) is 5.67. The lowest BCUT2D eigenvalue weighted by molar-refractivity contribution is -0.132. The Balaban J connectivity index is 1.98. The fourth-order valence-corrected chi connectivity index (χ4v) is 4.05. The number of carbonyl (C=O) groups is 2. The van der Waals surface area contributed by atoms with E-state index in [1.54, 1.807) is 18.2 Å². The summed E-state index contributed by atoms with van der Waals surface area (Å²) >= 11 is 12.2. The predicted octanol–water partition coefficient (Wildman–Crippen LogP) is 5.77. The summed E-state index contributed by atoms with van der Waals surface area (Å²) in [7, 11) is 0. The lowest BCUT2D eigenvalue weighted by Crippen LogP contribution is -2.29. The minimum Gasteiger partial charge on any atom is -0.507 e. The molecule has 3 aromatic rings. The van der Waals surface area contributed by atoms with Crippen molar-refractivity contribution in [1.29, 1.82) is 0 Å². The molecule has 0 aromatic heterocycles. The quantitative estimate of drug-likeness (QED) is 0.288. The number of aryl methyl sites for hydroxylation is 1. The molecule has 162 valence electrons. The molecular weight excluding hydrogens is 456 g/mol. The highest BCUT2D eigenvalue weighted by molar-refractivity contribution is 6.52. The molecule has 1 amide bonds. The third-order valence-corrected chi connectivity index (χ3v) is 5.79. The van der Waals surface area contributed by atoms with Gasteiger partial charge in [0.1, 0.15) is 17.3 Å². The first-order valence-electron chi connectivity index (χ1n) is 9.50. The summed E-state index contributed by atoms with van der Waals surface area (Å²) < 4.78 is 13.7. The van der Waals surface area contributed by atoms with E-state index >= 15 is 0 Å². The zero-order chi connectivity index (χ0) is 23.2. The van der Waals surface area contributed by atoms with E-state index in [0.29, 0.717) is 16.3 Å². The molecule has 1 atom stereocenters. The molecule has 1 saturated heterocycles. The fourth-order valence-electron chi connectivity index (χ4n) is 3.68. The maximum atomic E-state index is 13.7. The summed E-state index contributed by atoms with van der Waals surface area (Å²) in [4.78, 5) is 27.4. The monoisotopic (exact) mass is 471 g/mol. The Labute approximate surface area is 192 Å². The van der Waals surface area contributed by atoms with E-state index < -0.39 is 29.3 Å². The number of carbonyl (C=O) groups excluding carboxylic acids is 2. The van der Waals surface area contributed by atoms with E-state index in [0.717, 1.165) is 0 Å². The lowest BCUT2D eigenvalue weighted by Gasteiger charge is -2.26. The largest absolute Gasteiger partial charge is 0.507 e. The second kappa shape index (κ2) is 8.30. The summed E-state index contributed by atoms with van der Waals surface area (Å²) in [6, 6.07) is 13.4. The first-order valence-corrected chi connectivity index (χ1v) is 10.3. The van der Waals surface area contributed by atoms with Gasteiger partial charge in [-0.2, -0.15) is 0 Å². The van der Waals surface area contributed by atoms with Gasteiger partial charge in [-0.15, -0.1) is 0 Å². The van der Waals surface area contributed by atoms with Crippen molar-refractivity contribution in [3.05, 3.63) is 98.8 Å². The average molecular weight is 472 g/mol. The molecule has 0 radical (unpaired) electrons. The third-order valence-electron chi connectivity index (χ3n) is 5.25. The molecule has 0 bridgehead atoms. The second-order valence-corrected chi connectivity index (χ2v) is 8.17. The van der Waals surface area contributed by atoms with Crippen molar-refractivity contribution in [2.45, 2.75) is 13.0 Å². The summed E-state index contributed by atoms with van der Waals surface area (Å²) in [5, 5.41) is 21.2. The highest BCUT2D eigenvalue weighted by Crippen LogP contribution is 2.44. The predicted molar refractivity (Wildman–Crippen MR) is 120 cm³/mol. The van der Waals surface area contributed by atoms with Crippen LogP contribution in [0.2, 0.25) is 10.0 Å². The van der Waals surface area contributed by atoms with Crippen molar-refractivity contribution in [2.75, 3.05) is 4.90 Å². The van der Waals surface area contributed by atoms with Crippen LogP contribution in [-0.2, 0) is 9.59 Å². The molecule has 4 rings (SSSR count). The maximum absolute atomic E-state index is 13.7. The van der Waals surface area contributed by atoms with Gasteiger partial charge in [-0.25, -0.2) is 4.39 Å². The Hall–Kier alpha value is -3.35. The third kappa shape index (κ3) is 3.72. The molecule has 8 heteroatoms. The number of amides is 1. The molecular formula is C24H16Cl2FNO4. The molecule has 32 heavy (non-hydrogen) atoms. The number of nitrogens with zero attached hydrogens (tertiary/aromatic N) is 1. The molecule has 1 aliphatic rings. The summed E-state index contributed by atoms with van der Waals surface area (Å²) in [5.41, 5.74) is 0.975. The van der Waals surface area contributed by atoms with E-state index in [4.69, 9.17) is 23.2 Å². The van der Waals surface area contributed by atoms with Crippen LogP contribution in [0, 0.1) is 12.7 Å². The van der Waals surface area contributed by atoms with Gasteiger partial charge in [-0.3, -0.25) is 14.5 Å². The van der Waals surface area contributed by atoms with Gasteiger partial charge in [0, 0.05) is 16.3 Å². The zero-order valence-corrected chi connectivity index (χ0v) is 18.2. The van der Waals surface area contributed by atoms with Crippen molar-refractivity contribution < 1.29 is 24.2 Å². The van der Waals surface area contributed by atoms with Gasteiger partial charge in [0.15, 0.2) is 0 Å². The van der Waals surface area contributed by atoms with Crippen molar-refractivity contribution in [3.8, 4) is 5.75 Å². The van der Waals surface area contributed by atoms with E-state index in [-0.39, 0.29) is 27.5 Å². The second-order valence-electron chi connectivity index (χ2n) is 7.32. The van der Waals surface area contributed by atoms with Crippen molar-refractivity contribution >= 4 is 46.3 Å². The van der Waals surface area contributed by atoms with E-state index in [2.05, 4.69) is 0 Å². The number of anilines is 1. The Morgan fingerprint density at radius 1 is 1.03 bits per heavy atom. The average Bonchev–Trinajstić information content (AvgIpc) is 3.02. The van der Waals surface area contributed by atoms with Crippen LogP contribution in [0.25, 0.3) is 5.76 Å². The van der Waals surface area contributed by atoms with Crippen molar-refractivity contribution in [3.63, 3.8) is 0 Å². The fraction of sp³-hybridized carbons (Fsp3) is 0.0833. The van der Waals surface area contributed by atoms with Gasteiger partial charge < -0.3 is 10.2 Å². The molecule has 1 fully saturated rings. The lowest BCUT2D eigenvalue weighted by atomic mass is 9.94. The molecule has 2 N–H and O–H groups in total. The number of phenols is 1. The van der Waals surface area contributed by atoms with Crippen LogP contribution in [-0.4, -0.2) is 21.9 Å². The molecule has 0 aliphatic carbocycles. The number of aliphatic hydroxyl groups is 1. The molecule has 1 heterocycles. The van der Waals surface area contributed by atoms with Gasteiger partial charge in [-0.1, -0.05) is 35.3 Å². The van der Waals surface area contributed by atoms with Crippen LogP contribution in [0.5, 0.6) is 5.75 Å². The highest BCUT2D eigenvalue weighted by Gasteiger charge is 2.47. The molecule has 0 saturated carbocycles. The standard InChI is InChI=1S/C24H16Cl2FNO4/c1-12-9-14(5-7-18(12)27)22(30)20-21(13-6-8-19(29)17(26)10-13)28(24(32)23(20)31)16-4-2-3-15(25)11-16/h2-11,21,29-30H,1H3/b22-20-. The van der Waals surface area contributed by atoms with Crippen LogP contribution >= 0.6 is 23.2 Å². The molecule has 3 aromatic carbocycles. The minimum absolute atomic E-state index is 0.0109. The normalized spacial score (nSPS) is 17.8. The number of hydrogen-bond donors (Lipinski definition) is 2. The van der Waals surface area contributed by atoms with Crippen LogP contribution in [0.3, 0.4) is 0 Å². The van der Waals surface area contributed by atoms with Crippen LogP contribution in [0.15, 0.2) is 66.2 Å². The first-order chi connectivity index (χ1) is 15.2. The zero-order valence-electron chi connectivity index (χ0n) is 16.6. The Morgan fingerprint density at radius 2 is 1.78 bits per heavy atom. The molecule has 0 spiro atoms. The van der Waals surface area contributed by atoms with Crippen molar-refractivity contribution in [1.82, 2.24) is 0 Å². The smallest absolute Gasteiger partial charge is 0.300 e. The first kappa shape index (κ1) is 21.9. The number of rotatable bonds is 3. The highest BCUT2D eigenvalue weighted by atomic mass is 35.5. The van der Waals surface area contributed by atoms with Crippen LogP contribution < -0.4 is 4.90 Å². The van der Waals surface area contributed by atoms with E-state index in [1.165, 1.54) is 54.3 Å². The Morgan fingerprint density at radius 3 is 2.44 bits per heavy atom. The number of phenolic OH excluding ortho intramolecular Hbond substituents is 1. The Bertz CT molecular complexity index is 1300. The number of Topliss-reactive ketones (excluding diaryl/α,β-unsaturated/α-hetero) is 1. The van der Waals surface area contributed by atoms with Crippen LogP contribution in [0.4, 0.5) is 10.1 Å². The number of aromatic hydroxyl groups is 1. The maximum Gasteiger partial charge on any atom is 0.300 e. The molecule has 1 unspecified atom stereocenters. The molecule has 1 aliphatic heterocycles. The van der Waals surface area contributed by atoms with Gasteiger partial charge in [0.05, 0.1) is 16.6 Å². The van der Waals surface area contributed by atoms with Crippen molar-refractivity contribution in [2.24, 2.45) is 0 Å². The minimum atomic E-state index is -1.06.